The number of carboxylic acid groups (broad SMARTS) is 1. The zero-order valence-corrected chi connectivity index (χ0v) is 34.1. The van der Waals surface area contributed by atoms with E-state index in [1.54, 1.807) is 24.8 Å². The van der Waals surface area contributed by atoms with E-state index in [1.807, 2.05) is 33.8 Å². The lowest BCUT2D eigenvalue weighted by atomic mass is 9.63. The van der Waals surface area contributed by atoms with Gasteiger partial charge in [0.25, 0.3) is 0 Å². The molecule has 296 valence electrons. The molecule has 56 heavy (non-hydrogen) atoms. The van der Waals surface area contributed by atoms with E-state index >= 15 is 0 Å². The first-order chi connectivity index (χ1) is 26.8. The van der Waals surface area contributed by atoms with Crippen molar-refractivity contribution in [2.45, 2.75) is 118 Å². The summed E-state index contributed by atoms with van der Waals surface area (Å²) in [7, 11) is 0. The van der Waals surface area contributed by atoms with Gasteiger partial charge >= 0.3 is 5.97 Å². The van der Waals surface area contributed by atoms with Gasteiger partial charge in [0.15, 0.2) is 6.10 Å². The average Bonchev–Trinajstić information content (AvgIpc) is 3.16. The number of piperidine rings is 2. The third-order valence-corrected chi connectivity index (χ3v) is 12.8. The lowest BCUT2D eigenvalue weighted by Crippen LogP contribution is -2.43. The molecular weight excluding hydrogens is 701 g/mol. The highest BCUT2D eigenvalue weighted by molar-refractivity contribution is 5.88. The highest BCUT2D eigenvalue weighted by atomic mass is 16.5. The van der Waals surface area contributed by atoms with E-state index < -0.39 is 17.7 Å². The molecule has 3 aliphatic heterocycles. The maximum atomic E-state index is 13.3. The Balaban J connectivity index is 1.21. The van der Waals surface area contributed by atoms with Crippen LogP contribution in [0.15, 0.2) is 49.1 Å². The molecule has 8 rings (SSSR count). The third-order valence-electron chi connectivity index (χ3n) is 12.8. The quantitative estimate of drug-likeness (QED) is 0.178. The summed E-state index contributed by atoms with van der Waals surface area (Å²) in [5, 5.41) is 10.8. The van der Waals surface area contributed by atoms with Crippen LogP contribution >= 0.6 is 0 Å². The van der Waals surface area contributed by atoms with Crippen LogP contribution in [0.25, 0.3) is 22.5 Å². The number of aromatic nitrogens is 5. The van der Waals surface area contributed by atoms with Crippen LogP contribution in [0.1, 0.15) is 114 Å². The number of aliphatic carboxylic acids is 1. The molecule has 0 bridgehead atoms. The Bertz CT molecular complexity index is 2060. The molecule has 1 saturated carbocycles. The summed E-state index contributed by atoms with van der Waals surface area (Å²) in [5.74, 6) is -0.309. The lowest BCUT2D eigenvalue weighted by molar-refractivity contribution is -0.160. The number of hydrogen-bond donors (Lipinski definition) is 1. The van der Waals surface area contributed by atoms with Crippen molar-refractivity contribution in [1.82, 2.24) is 29.8 Å². The van der Waals surface area contributed by atoms with Gasteiger partial charge in [-0.1, -0.05) is 38.5 Å². The molecule has 1 N–H and O–H groups in total. The van der Waals surface area contributed by atoms with Crippen LogP contribution in [0.2, 0.25) is 0 Å². The second-order valence-electron chi connectivity index (χ2n) is 18.5. The first kappa shape index (κ1) is 38.4. The van der Waals surface area contributed by atoms with Gasteiger partial charge in [-0.15, -0.1) is 0 Å². The zero-order valence-electron chi connectivity index (χ0n) is 34.1. The van der Waals surface area contributed by atoms with Crippen LogP contribution in [0.5, 0.6) is 0 Å². The summed E-state index contributed by atoms with van der Waals surface area (Å²) in [6.07, 6.45) is 15.2. The molecule has 0 amide bonds. The Morgan fingerprint density at radius 1 is 0.875 bits per heavy atom. The van der Waals surface area contributed by atoms with Crippen molar-refractivity contribution in [2.75, 3.05) is 42.5 Å². The standard InChI is InChI=1S/C45H58N8O3/c1-30-37(40(41(54)55)56-43(2,3)4)39(52-24-14-44(5,6)15-25-52)38(36(49-30)29-51-22-16-45(17-23-51)12-7-13-45)32-8-9-33-28-53(21-11-31(33)26-32)42-48-18-10-34(50-42)35-27-46-19-20-47-35/h8-10,18-20,26-27,40H,7,11-17,21-25,28-29H2,1-6H3,(H,54,55)/t40-/m0/s1. The van der Waals surface area contributed by atoms with Gasteiger partial charge in [-0.3, -0.25) is 19.9 Å². The fraction of sp³-hybridized carbons (Fsp3) is 0.556. The predicted molar refractivity (Wildman–Crippen MR) is 219 cm³/mol. The average molecular weight is 759 g/mol. The molecule has 11 heteroatoms. The summed E-state index contributed by atoms with van der Waals surface area (Å²) in [6, 6.07) is 8.70. The maximum absolute atomic E-state index is 13.3. The van der Waals surface area contributed by atoms with E-state index in [9.17, 15) is 9.90 Å². The normalized spacial score (nSPS) is 20.0. The van der Waals surface area contributed by atoms with Gasteiger partial charge in [-0.25, -0.2) is 14.8 Å². The zero-order chi connectivity index (χ0) is 39.2. The van der Waals surface area contributed by atoms with Crippen molar-refractivity contribution in [1.29, 1.82) is 0 Å². The van der Waals surface area contributed by atoms with Crippen molar-refractivity contribution < 1.29 is 14.6 Å². The van der Waals surface area contributed by atoms with Crippen LogP contribution in [0, 0.1) is 17.8 Å². The van der Waals surface area contributed by atoms with Crippen LogP contribution in [0.4, 0.5) is 11.6 Å². The number of nitrogens with zero attached hydrogens (tertiary/aromatic N) is 8. The molecule has 1 aromatic carbocycles. The SMILES string of the molecule is Cc1nc(CN2CCC3(CCC3)CC2)c(-c2ccc3c(c2)CCN(c2nccc(-c4cnccn4)n2)C3)c(N2CCC(C)(C)CC2)c1[C@H](OC(C)(C)C)C(=O)O. The number of aryl methyl sites for hydroxylation is 1. The van der Waals surface area contributed by atoms with Gasteiger partial charge in [0, 0.05) is 68.1 Å². The minimum atomic E-state index is -1.16. The number of ether oxygens (including phenoxy) is 1. The van der Waals surface area contributed by atoms with Crippen molar-refractivity contribution in [3.05, 3.63) is 77.1 Å². The summed E-state index contributed by atoms with van der Waals surface area (Å²) in [4.78, 5) is 44.1. The van der Waals surface area contributed by atoms with Gasteiger partial charge in [-0.2, -0.15) is 0 Å². The molecule has 6 heterocycles. The van der Waals surface area contributed by atoms with Gasteiger partial charge in [0.1, 0.15) is 5.69 Å². The fourth-order valence-corrected chi connectivity index (χ4v) is 9.27. The molecule has 2 saturated heterocycles. The van der Waals surface area contributed by atoms with Crippen molar-refractivity contribution in [2.24, 2.45) is 10.8 Å². The second kappa shape index (κ2) is 15.1. The Kier molecular flexibility index (Phi) is 10.4. The monoisotopic (exact) mass is 758 g/mol. The summed E-state index contributed by atoms with van der Waals surface area (Å²) >= 11 is 0. The molecule has 3 fully saturated rings. The lowest BCUT2D eigenvalue weighted by Gasteiger charge is -2.48. The number of carboxylic acids is 1. The number of pyridine rings is 1. The van der Waals surface area contributed by atoms with Gasteiger partial charge < -0.3 is 19.6 Å². The summed E-state index contributed by atoms with van der Waals surface area (Å²) in [6.45, 7) is 18.5. The summed E-state index contributed by atoms with van der Waals surface area (Å²) in [5.41, 5.74) is 9.67. The third kappa shape index (κ3) is 8.03. The second-order valence-corrected chi connectivity index (χ2v) is 18.5. The van der Waals surface area contributed by atoms with Crippen LogP contribution < -0.4 is 9.80 Å². The largest absolute Gasteiger partial charge is 0.479 e. The Labute approximate surface area is 332 Å². The van der Waals surface area contributed by atoms with Crippen molar-refractivity contribution in [3.8, 4) is 22.5 Å². The van der Waals surface area contributed by atoms with Crippen molar-refractivity contribution in [3.63, 3.8) is 0 Å². The summed E-state index contributed by atoms with van der Waals surface area (Å²) < 4.78 is 6.44. The number of benzene rings is 1. The first-order valence-corrected chi connectivity index (χ1v) is 20.6. The highest BCUT2D eigenvalue weighted by Gasteiger charge is 2.41. The molecule has 0 radical (unpaired) electrons. The van der Waals surface area contributed by atoms with Gasteiger partial charge in [0.2, 0.25) is 5.95 Å². The Morgan fingerprint density at radius 2 is 1.64 bits per heavy atom. The number of hydrogen-bond acceptors (Lipinski definition) is 10. The number of likely N-dealkylation sites (tertiary alicyclic amines) is 1. The van der Waals surface area contributed by atoms with Gasteiger partial charge in [0.05, 0.1) is 28.9 Å². The number of carbonyl (C=O) groups is 1. The van der Waals surface area contributed by atoms with Crippen LogP contribution in [0.3, 0.4) is 0 Å². The van der Waals surface area contributed by atoms with E-state index in [-0.39, 0.29) is 5.41 Å². The van der Waals surface area contributed by atoms with Crippen LogP contribution in [-0.4, -0.2) is 79.2 Å². The van der Waals surface area contributed by atoms with E-state index in [4.69, 9.17) is 14.7 Å². The first-order valence-electron chi connectivity index (χ1n) is 20.6. The van der Waals surface area contributed by atoms with Crippen LogP contribution in [-0.2, 0) is 29.0 Å². The van der Waals surface area contributed by atoms with Crippen molar-refractivity contribution >= 4 is 17.6 Å². The number of rotatable bonds is 9. The molecule has 1 spiro atoms. The molecule has 1 atom stereocenters. The molecule has 4 aliphatic rings. The topological polar surface area (TPSA) is 121 Å². The minimum Gasteiger partial charge on any atom is -0.479 e. The van der Waals surface area contributed by atoms with E-state index in [0.717, 1.165) is 98.1 Å². The molecule has 4 aromatic rings. The minimum absolute atomic E-state index is 0.219. The molecule has 1 aliphatic carbocycles. The molecule has 11 nitrogen and oxygen atoms in total. The molecule has 0 unspecified atom stereocenters. The highest BCUT2D eigenvalue weighted by Crippen LogP contribution is 2.50. The molecule has 3 aromatic heterocycles. The maximum Gasteiger partial charge on any atom is 0.337 e. The predicted octanol–water partition coefficient (Wildman–Crippen LogP) is 8.20. The number of anilines is 2. The van der Waals surface area contributed by atoms with E-state index in [1.165, 1.54) is 43.2 Å². The fourth-order valence-electron chi connectivity index (χ4n) is 9.27. The van der Waals surface area contributed by atoms with Gasteiger partial charge in [-0.05, 0) is 119 Å². The molecular formula is C45H58N8O3. The smallest absolute Gasteiger partial charge is 0.337 e. The van der Waals surface area contributed by atoms with E-state index in [0.29, 0.717) is 23.5 Å². The number of fused-ring (bicyclic) bond motifs is 1. The Hall–Kier alpha value is -4.48. The Morgan fingerprint density at radius 3 is 2.30 bits per heavy atom. The van der Waals surface area contributed by atoms with E-state index in [2.05, 4.69) is 61.7 Å².